The maximum atomic E-state index is 13.1. The van der Waals surface area contributed by atoms with E-state index >= 15 is 0 Å². The topological polar surface area (TPSA) is 70.5 Å². The van der Waals surface area contributed by atoms with Gasteiger partial charge in [-0.25, -0.2) is 0 Å². The Balaban J connectivity index is 1.92. The second kappa shape index (κ2) is 7.22. The van der Waals surface area contributed by atoms with Crippen molar-refractivity contribution in [3.8, 4) is 0 Å². The average molecular weight is 411 g/mol. The zero-order valence-corrected chi connectivity index (χ0v) is 16.4. The van der Waals surface area contributed by atoms with E-state index < -0.39 is 23.5 Å². The largest absolute Gasteiger partial charge is 0.503 e. The third kappa shape index (κ3) is 3.00. The van der Waals surface area contributed by atoms with Gasteiger partial charge in [0.15, 0.2) is 5.76 Å². The number of hydrogen-bond donors (Lipinski definition) is 1. The van der Waals surface area contributed by atoms with E-state index in [1.165, 1.54) is 16.2 Å². The number of aliphatic hydroxyl groups excluding tert-OH is 1. The summed E-state index contributed by atoms with van der Waals surface area (Å²) in [6.07, 6.45) is 1.59. The van der Waals surface area contributed by atoms with Crippen LogP contribution in [-0.2, 0) is 4.79 Å². The van der Waals surface area contributed by atoms with Gasteiger partial charge in [0.2, 0.25) is 5.78 Å². The normalized spacial score (nSPS) is 16.7. The second-order valence-electron chi connectivity index (χ2n) is 6.33. The van der Waals surface area contributed by atoms with Crippen LogP contribution >= 0.6 is 22.9 Å². The highest BCUT2D eigenvalue weighted by Gasteiger charge is 2.45. The lowest BCUT2D eigenvalue weighted by molar-refractivity contribution is -0.117. The molecule has 1 N–H and O–H groups in total. The number of Topliss-reactive ketones (excluding diaryl/α,β-unsaturated/α-hetero) is 1. The van der Waals surface area contributed by atoms with E-state index in [1.807, 2.05) is 6.92 Å². The van der Waals surface area contributed by atoms with Crippen molar-refractivity contribution in [2.75, 3.05) is 4.90 Å². The summed E-state index contributed by atoms with van der Waals surface area (Å²) in [6, 6.07) is 13.0. The molecule has 4 rings (SSSR count). The molecule has 7 heteroatoms. The van der Waals surface area contributed by atoms with Crippen molar-refractivity contribution >= 4 is 40.3 Å². The van der Waals surface area contributed by atoms with E-state index in [-0.39, 0.29) is 5.57 Å². The van der Waals surface area contributed by atoms with Crippen LogP contribution in [0.2, 0.25) is 5.02 Å². The number of aryl methyl sites for hydroxylation is 1. The van der Waals surface area contributed by atoms with Gasteiger partial charge in [-0.05, 0) is 48.2 Å². The number of anilines is 1. The number of aromatic nitrogens is 1. The molecule has 1 unspecified atom stereocenters. The molecule has 0 fully saturated rings. The van der Waals surface area contributed by atoms with Gasteiger partial charge in [-0.2, -0.15) is 0 Å². The van der Waals surface area contributed by atoms with Crippen molar-refractivity contribution in [2.45, 2.75) is 13.0 Å². The molecule has 0 spiro atoms. The number of hydrogen-bond acceptors (Lipinski definition) is 5. The molecule has 5 nitrogen and oxygen atoms in total. The number of aliphatic hydroxyl groups is 1. The first kappa shape index (κ1) is 18.4. The predicted octanol–water partition coefficient (Wildman–Crippen LogP) is 4.89. The van der Waals surface area contributed by atoms with E-state index in [2.05, 4.69) is 4.98 Å². The SMILES string of the molecule is Cc1ccc(Cl)cc1N1C(=O)C(O)=C(C(=O)c2cccs2)C1c1ccccn1. The van der Waals surface area contributed by atoms with Crippen molar-refractivity contribution < 1.29 is 14.7 Å². The zero-order valence-electron chi connectivity index (χ0n) is 14.8. The van der Waals surface area contributed by atoms with Crippen molar-refractivity contribution in [3.05, 3.63) is 92.6 Å². The lowest BCUT2D eigenvalue weighted by Gasteiger charge is -2.27. The Labute approximate surface area is 170 Å². The molecule has 0 aliphatic carbocycles. The Hall–Kier alpha value is -2.96. The van der Waals surface area contributed by atoms with Crippen LogP contribution in [-0.4, -0.2) is 21.8 Å². The molecular formula is C21H15ClN2O3S. The Kier molecular flexibility index (Phi) is 4.75. The van der Waals surface area contributed by atoms with Crippen LogP contribution in [0.15, 0.2) is 71.4 Å². The van der Waals surface area contributed by atoms with E-state index in [9.17, 15) is 14.7 Å². The molecule has 1 aliphatic rings. The van der Waals surface area contributed by atoms with Crippen LogP contribution < -0.4 is 4.90 Å². The summed E-state index contributed by atoms with van der Waals surface area (Å²) in [6.45, 7) is 1.84. The lowest BCUT2D eigenvalue weighted by atomic mass is 9.98. The van der Waals surface area contributed by atoms with E-state index in [0.717, 1.165) is 5.56 Å². The first-order valence-corrected chi connectivity index (χ1v) is 9.76. The monoisotopic (exact) mass is 410 g/mol. The number of amides is 1. The molecule has 1 aromatic carbocycles. The maximum Gasteiger partial charge on any atom is 0.294 e. The molecular weight excluding hydrogens is 396 g/mol. The number of halogens is 1. The number of ketones is 1. The standard InChI is InChI=1S/C21H15ClN2O3S/c1-12-7-8-13(22)11-15(12)24-18(14-5-2-3-9-23-14)17(20(26)21(24)27)19(25)16-6-4-10-28-16/h2-11,18,26H,1H3. The number of thiophene rings is 1. The first-order chi connectivity index (χ1) is 13.5. The van der Waals surface area contributed by atoms with Gasteiger partial charge in [0.05, 0.1) is 16.1 Å². The van der Waals surface area contributed by atoms with Crippen LogP contribution in [0.4, 0.5) is 5.69 Å². The lowest BCUT2D eigenvalue weighted by Crippen LogP contribution is -2.32. The minimum atomic E-state index is -0.847. The van der Waals surface area contributed by atoms with Gasteiger partial charge in [0.1, 0.15) is 6.04 Å². The molecule has 0 radical (unpaired) electrons. The molecule has 3 heterocycles. The smallest absolute Gasteiger partial charge is 0.294 e. The van der Waals surface area contributed by atoms with Crippen molar-refractivity contribution in [2.24, 2.45) is 0 Å². The van der Waals surface area contributed by atoms with Crippen molar-refractivity contribution in [1.29, 1.82) is 0 Å². The van der Waals surface area contributed by atoms with Crippen LogP contribution in [0.1, 0.15) is 27.0 Å². The van der Waals surface area contributed by atoms with Gasteiger partial charge in [0.25, 0.3) is 5.91 Å². The summed E-state index contributed by atoms with van der Waals surface area (Å²) < 4.78 is 0. The Bertz CT molecular complexity index is 1090. The number of benzene rings is 1. The molecule has 1 amide bonds. The first-order valence-electron chi connectivity index (χ1n) is 8.51. The fourth-order valence-electron chi connectivity index (χ4n) is 3.29. The fraction of sp³-hybridized carbons (Fsp3) is 0.0952. The van der Waals surface area contributed by atoms with Gasteiger partial charge < -0.3 is 5.11 Å². The van der Waals surface area contributed by atoms with Gasteiger partial charge in [-0.15, -0.1) is 11.3 Å². The molecule has 0 saturated carbocycles. The van der Waals surface area contributed by atoms with Crippen LogP contribution in [0.5, 0.6) is 0 Å². The summed E-state index contributed by atoms with van der Waals surface area (Å²) in [5.74, 6) is -1.60. The molecule has 2 aromatic heterocycles. The summed E-state index contributed by atoms with van der Waals surface area (Å²) in [5, 5.41) is 12.9. The Morgan fingerprint density at radius 1 is 1.21 bits per heavy atom. The fourth-order valence-corrected chi connectivity index (χ4v) is 4.13. The minimum Gasteiger partial charge on any atom is -0.503 e. The van der Waals surface area contributed by atoms with Crippen molar-refractivity contribution in [1.82, 2.24) is 4.98 Å². The van der Waals surface area contributed by atoms with Gasteiger partial charge in [-0.3, -0.25) is 19.5 Å². The van der Waals surface area contributed by atoms with E-state index in [4.69, 9.17) is 11.6 Å². The average Bonchev–Trinajstić information content (AvgIpc) is 3.32. The van der Waals surface area contributed by atoms with Gasteiger partial charge in [-0.1, -0.05) is 29.8 Å². The zero-order chi connectivity index (χ0) is 19.8. The van der Waals surface area contributed by atoms with Gasteiger partial charge in [0, 0.05) is 16.9 Å². The highest BCUT2D eigenvalue weighted by atomic mass is 35.5. The third-order valence-corrected chi connectivity index (χ3v) is 5.70. The highest BCUT2D eigenvalue weighted by molar-refractivity contribution is 7.12. The van der Waals surface area contributed by atoms with Crippen molar-refractivity contribution in [3.63, 3.8) is 0 Å². The predicted molar refractivity (Wildman–Crippen MR) is 109 cm³/mol. The quantitative estimate of drug-likeness (QED) is 0.622. The van der Waals surface area contributed by atoms with E-state index in [1.54, 1.807) is 60.1 Å². The molecule has 0 bridgehead atoms. The van der Waals surface area contributed by atoms with Crippen LogP contribution in [0.3, 0.4) is 0 Å². The molecule has 28 heavy (non-hydrogen) atoms. The summed E-state index contributed by atoms with van der Waals surface area (Å²) in [5.41, 5.74) is 1.81. The summed E-state index contributed by atoms with van der Waals surface area (Å²) in [4.78, 5) is 32.4. The number of rotatable bonds is 4. The molecule has 3 aromatic rings. The highest BCUT2D eigenvalue weighted by Crippen LogP contribution is 2.43. The molecule has 1 aliphatic heterocycles. The summed E-state index contributed by atoms with van der Waals surface area (Å²) >= 11 is 7.41. The minimum absolute atomic E-state index is 0.0190. The number of carbonyl (C=O) groups excluding carboxylic acids is 2. The summed E-state index contributed by atoms with van der Waals surface area (Å²) in [7, 11) is 0. The Morgan fingerprint density at radius 2 is 2.04 bits per heavy atom. The molecule has 140 valence electrons. The van der Waals surface area contributed by atoms with Gasteiger partial charge >= 0.3 is 0 Å². The maximum absolute atomic E-state index is 13.1. The Morgan fingerprint density at radius 3 is 2.71 bits per heavy atom. The molecule has 1 atom stereocenters. The second-order valence-corrected chi connectivity index (χ2v) is 7.72. The number of pyridine rings is 1. The third-order valence-electron chi connectivity index (χ3n) is 4.60. The van der Waals surface area contributed by atoms with Crippen LogP contribution in [0.25, 0.3) is 0 Å². The van der Waals surface area contributed by atoms with E-state index in [0.29, 0.717) is 21.3 Å². The number of carbonyl (C=O) groups is 2. The number of nitrogens with zero attached hydrogens (tertiary/aromatic N) is 2. The van der Waals surface area contributed by atoms with Crippen LogP contribution in [0, 0.1) is 6.92 Å². The molecule has 0 saturated heterocycles.